The van der Waals surface area contributed by atoms with E-state index in [-0.39, 0.29) is 12.1 Å². The molecule has 0 aromatic heterocycles. The van der Waals surface area contributed by atoms with Crippen LogP contribution in [0, 0.1) is 17.5 Å². The molecule has 0 aliphatic carbocycles. The smallest absolute Gasteiger partial charge is 0.420 e. The number of rotatable bonds is 3. The molecule has 2 aromatic rings. The number of alkyl halides is 6. The molecule has 146 valence electrons. The first kappa shape index (κ1) is 20.6. The van der Waals surface area contributed by atoms with Gasteiger partial charge < -0.3 is 4.74 Å². The van der Waals surface area contributed by atoms with E-state index in [2.05, 4.69) is 4.74 Å². The minimum atomic E-state index is -5.35. The second kappa shape index (κ2) is 6.78. The topological polar surface area (TPSA) is 26.3 Å². The first-order valence-corrected chi connectivity index (χ1v) is 6.83. The molecule has 27 heavy (non-hydrogen) atoms. The molecular weight excluding hydrogens is 395 g/mol. The molecule has 0 amide bonds. The monoisotopic (exact) mass is 402 g/mol. The molecule has 0 aliphatic heterocycles. The fourth-order valence-electron chi connectivity index (χ4n) is 2.24. The Hall–Kier alpha value is -2.72. The number of ketones is 1. The maximum absolute atomic E-state index is 13.8. The molecule has 0 bridgehead atoms. The van der Waals surface area contributed by atoms with Gasteiger partial charge in [0.1, 0.15) is 5.75 Å². The Morgan fingerprint density at radius 2 is 1.44 bits per heavy atom. The van der Waals surface area contributed by atoms with Crippen molar-refractivity contribution in [1.29, 1.82) is 0 Å². The van der Waals surface area contributed by atoms with Crippen LogP contribution in [0.3, 0.4) is 0 Å². The van der Waals surface area contributed by atoms with Gasteiger partial charge in [-0.15, -0.1) is 0 Å². The standard InChI is InChI=1S/C16H7F9O2/c1-27-14-8(13(26)7-2-3-10(17)12(19)11(7)18)4-6(15(20,21)22)5-9(14)16(23,24)25/h2-5H,1H3. The summed E-state index contributed by atoms with van der Waals surface area (Å²) in [6.45, 7) is 0. The van der Waals surface area contributed by atoms with Crippen LogP contribution in [0.5, 0.6) is 5.75 Å². The number of hydrogen-bond acceptors (Lipinski definition) is 2. The molecule has 2 nitrogen and oxygen atoms in total. The van der Waals surface area contributed by atoms with Gasteiger partial charge in [-0.05, 0) is 24.3 Å². The van der Waals surface area contributed by atoms with Gasteiger partial charge in [0.25, 0.3) is 0 Å². The molecule has 0 unspecified atom stereocenters. The van der Waals surface area contributed by atoms with Crippen molar-refractivity contribution in [1.82, 2.24) is 0 Å². The third-order valence-electron chi connectivity index (χ3n) is 3.45. The highest BCUT2D eigenvalue weighted by molar-refractivity contribution is 6.11. The molecule has 0 spiro atoms. The second-order valence-corrected chi connectivity index (χ2v) is 5.15. The molecule has 0 aliphatic rings. The Labute approximate surface area is 145 Å². The predicted molar refractivity (Wildman–Crippen MR) is 72.7 cm³/mol. The van der Waals surface area contributed by atoms with Crippen LogP contribution >= 0.6 is 0 Å². The van der Waals surface area contributed by atoms with E-state index in [0.29, 0.717) is 19.2 Å². The van der Waals surface area contributed by atoms with Gasteiger partial charge in [-0.2, -0.15) is 26.3 Å². The van der Waals surface area contributed by atoms with Crippen molar-refractivity contribution in [3.05, 3.63) is 64.0 Å². The minimum Gasteiger partial charge on any atom is -0.495 e. The van der Waals surface area contributed by atoms with Gasteiger partial charge in [0.2, 0.25) is 0 Å². The van der Waals surface area contributed by atoms with E-state index in [4.69, 9.17) is 0 Å². The molecule has 0 atom stereocenters. The van der Waals surface area contributed by atoms with Crippen molar-refractivity contribution < 1.29 is 49.0 Å². The van der Waals surface area contributed by atoms with Crippen LogP contribution in [0.2, 0.25) is 0 Å². The van der Waals surface area contributed by atoms with Crippen molar-refractivity contribution in [2.45, 2.75) is 12.4 Å². The Balaban J connectivity index is 2.82. The van der Waals surface area contributed by atoms with Crippen LogP contribution in [0.4, 0.5) is 39.5 Å². The molecule has 2 aromatic carbocycles. The Kier molecular flexibility index (Phi) is 5.17. The molecule has 11 heteroatoms. The number of carbonyl (C=O) groups excluding carboxylic acids is 1. The number of ether oxygens (including phenoxy) is 1. The third kappa shape index (κ3) is 3.86. The Bertz CT molecular complexity index is 898. The van der Waals surface area contributed by atoms with Gasteiger partial charge in [-0.1, -0.05) is 0 Å². The highest BCUT2D eigenvalue weighted by Gasteiger charge is 2.41. The fourth-order valence-corrected chi connectivity index (χ4v) is 2.24. The number of carbonyl (C=O) groups is 1. The summed E-state index contributed by atoms with van der Waals surface area (Å²) in [5.41, 5.74) is -6.38. The van der Waals surface area contributed by atoms with Crippen LogP contribution in [-0.2, 0) is 12.4 Å². The predicted octanol–water partition coefficient (Wildman–Crippen LogP) is 5.38. The van der Waals surface area contributed by atoms with E-state index in [9.17, 15) is 44.3 Å². The van der Waals surface area contributed by atoms with Crippen molar-refractivity contribution in [2.75, 3.05) is 7.11 Å². The zero-order valence-corrected chi connectivity index (χ0v) is 13.0. The molecule has 0 saturated carbocycles. The van der Waals surface area contributed by atoms with E-state index in [1.165, 1.54) is 0 Å². The second-order valence-electron chi connectivity index (χ2n) is 5.15. The number of methoxy groups -OCH3 is 1. The van der Waals surface area contributed by atoms with Crippen molar-refractivity contribution >= 4 is 5.78 Å². The van der Waals surface area contributed by atoms with Crippen LogP contribution < -0.4 is 4.74 Å². The van der Waals surface area contributed by atoms with Crippen LogP contribution in [0.15, 0.2) is 24.3 Å². The normalized spacial score (nSPS) is 12.2. The lowest BCUT2D eigenvalue weighted by molar-refractivity contribution is -0.143. The zero-order valence-electron chi connectivity index (χ0n) is 13.0. The quantitative estimate of drug-likeness (QED) is 0.392. The minimum absolute atomic E-state index is 0.0110. The number of benzene rings is 2. The van der Waals surface area contributed by atoms with Gasteiger partial charge in [-0.25, -0.2) is 13.2 Å². The molecule has 0 saturated heterocycles. The van der Waals surface area contributed by atoms with Gasteiger partial charge in [0, 0.05) is 0 Å². The SMILES string of the molecule is COc1c(C(=O)c2ccc(F)c(F)c2F)cc(C(F)(F)F)cc1C(F)(F)F. The summed E-state index contributed by atoms with van der Waals surface area (Å²) in [6.07, 6.45) is -10.6. The molecule has 0 radical (unpaired) electrons. The van der Waals surface area contributed by atoms with Crippen molar-refractivity contribution in [3.8, 4) is 5.75 Å². The van der Waals surface area contributed by atoms with Gasteiger partial charge in [0.15, 0.2) is 23.2 Å². The molecular formula is C16H7F9O2. The van der Waals surface area contributed by atoms with Gasteiger partial charge >= 0.3 is 12.4 Å². The first-order chi connectivity index (χ1) is 12.3. The molecule has 2 rings (SSSR count). The van der Waals surface area contributed by atoms with E-state index in [1.807, 2.05) is 0 Å². The Morgan fingerprint density at radius 3 is 1.93 bits per heavy atom. The summed E-state index contributed by atoms with van der Waals surface area (Å²) in [6, 6.07) is 0.424. The van der Waals surface area contributed by atoms with Gasteiger partial charge in [0.05, 0.1) is 29.4 Å². The third-order valence-corrected chi connectivity index (χ3v) is 3.45. The zero-order chi connectivity index (χ0) is 20.7. The summed E-state index contributed by atoms with van der Waals surface area (Å²) in [5.74, 6) is -8.93. The highest BCUT2D eigenvalue weighted by Crippen LogP contribution is 2.43. The molecule has 0 heterocycles. The maximum atomic E-state index is 13.8. The summed E-state index contributed by atoms with van der Waals surface area (Å²) in [4.78, 5) is 12.3. The van der Waals surface area contributed by atoms with E-state index >= 15 is 0 Å². The Morgan fingerprint density at radius 1 is 0.852 bits per heavy atom. The highest BCUT2D eigenvalue weighted by atomic mass is 19.4. The maximum Gasteiger partial charge on any atom is 0.420 e. The lowest BCUT2D eigenvalue weighted by Crippen LogP contribution is -2.17. The largest absolute Gasteiger partial charge is 0.495 e. The summed E-state index contributed by atoms with van der Waals surface area (Å²) < 4.78 is 123. The first-order valence-electron chi connectivity index (χ1n) is 6.83. The summed E-state index contributed by atoms with van der Waals surface area (Å²) in [7, 11) is 0.649. The van der Waals surface area contributed by atoms with Crippen LogP contribution in [0.25, 0.3) is 0 Å². The van der Waals surface area contributed by atoms with Crippen LogP contribution in [0.1, 0.15) is 27.0 Å². The van der Waals surface area contributed by atoms with Gasteiger partial charge in [-0.3, -0.25) is 4.79 Å². The van der Waals surface area contributed by atoms with Crippen molar-refractivity contribution in [3.63, 3.8) is 0 Å². The number of hydrogen-bond donors (Lipinski definition) is 0. The summed E-state index contributed by atoms with van der Waals surface area (Å²) in [5, 5.41) is 0. The molecule has 0 N–H and O–H groups in total. The number of halogens is 9. The average Bonchev–Trinajstić information content (AvgIpc) is 2.56. The molecule has 0 fully saturated rings. The van der Waals surface area contributed by atoms with E-state index < -0.39 is 63.6 Å². The average molecular weight is 402 g/mol. The summed E-state index contributed by atoms with van der Waals surface area (Å²) >= 11 is 0. The lowest BCUT2D eigenvalue weighted by atomic mass is 9.96. The van der Waals surface area contributed by atoms with Crippen LogP contribution in [-0.4, -0.2) is 12.9 Å². The fraction of sp³-hybridized carbons (Fsp3) is 0.188. The van der Waals surface area contributed by atoms with Crippen molar-refractivity contribution in [2.24, 2.45) is 0 Å². The van der Waals surface area contributed by atoms with E-state index in [1.54, 1.807) is 0 Å². The lowest BCUT2D eigenvalue weighted by Gasteiger charge is -2.18. The van der Waals surface area contributed by atoms with E-state index in [0.717, 1.165) is 0 Å².